The maximum absolute atomic E-state index is 6.12. The smallest absolute Gasteiger partial charge is 0.0298 e. The van der Waals surface area contributed by atoms with E-state index in [0.29, 0.717) is 0 Å². The molecule has 2 N–H and O–H groups in total. The van der Waals surface area contributed by atoms with Crippen LogP contribution < -0.4 is 5.73 Å². The van der Waals surface area contributed by atoms with Crippen molar-refractivity contribution in [3.8, 4) is 0 Å². The Morgan fingerprint density at radius 1 is 1.46 bits per heavy atom. The lowest BCUT2D eigenvalue weighted by Gasteiger charge is -2.38. The van der Waals surface area contributed by atoms with E-state index in [1.807, 2.05) is 6.08 Å². The molecule has 0 heterocycles. The standard InChI is InChI=1S/C11H24N2/c1-6-7-8-9-10(12)11(2,3)13(4)5/h6,10H,1,7-9,12H2,2-5H3. The third-order valence-corrected chi connectivity index (χ3v) is 2.98. The largest absolute Gasteiger partial charge is 0.326 e. The van der Waals surface area contributed by atoms with E-state index >= 15 is 0 Å². The molecule has 0 saturated heterocycles. The zero-order valence-corrected chi connectivity index (χ0v) is 9.51. The third kappa shape index (κ3) is 3.92. The molecule has 0 aliphatic rings. The van der Waals surface area contributed by atoms with Crippen molar-refractivity contribution in [1.82, 2.24) is 4.90 Å². The van der Waals surface area contributed by atoms with Gasteiger partial charge in [0.1, 0.15) is 0 Å². The van der Waals surface area contributed by atoms with E-state index in [2.05, 4.69) is 39.4 Å². The first-order valence-electron chi connectivity index (χ1n) is 4.96. The first-order valence-corrected chi connectivity index (χ1v) is 4.96. The molecule has 0 aliphatic heterocycles. The van der Waals surface area contributed by atoms with Gasteiger partial charge in [-0.05, 0) is 47.2 Å². The summed E-state index contributed by atoms with van der Waals surface area (Å²) in [7, 11) is 4.15. The van der Waals surface area contributed by atoms with Crippen molar-refractivity contribution >= 4 is 0 Å². The number of hydrogen-bond donors (Lipinski definition) is 1. The van der Waals surface area contributed by atoms with Gasteiger partial charge >= 0.3 is 0 Å². The summed E-state index contributed by atoms with van der Waals surface area (Å²) in [5.74, 6) is 0. The molecule has 0 rings (SSSR count). The zero-order chi connectivity index (χ0) is 10.5. The Morgan fingerprint density at radius 3 is 2.38 bits per heavy atom. The van der Waals surface area contributed by atoms with Crippen molar-refractivity contribution in [3.05, 3.63) is 12.7 Å². The molecule has 0 saturated carbocycles. The van der Waals surface area contributed by atoms with E-state index in [0.717, 1.165) is 19.3 Å². The van der Waals surface area contributed by atoms with Crippen LogP contribution in [0.2, 0.25) is 0 Å². The minimum atomic E-state index is 0.0845. The maximum atomic E-state index is 6.12. The molecule has 0 aliphatic carbocycles. The highest BCUT2D eigenvalue weighted by Crippen LogP contribution is 2.18. The van der Waals surface area contributed by atoms with Crippen molar-refractivity contribution in [2.75, 3.05) is 14.1 Å². The molecule has 0 bridgehead atoms. The number of hydrogen-bond acceptors (Lipinski definition) is 2. The van der Waals surface area contributed by atoms with Gasteiger partial charge in [0.05, 0.1) is 0 Å². The minimum absolute atomic E-state index is 0.0845. The minimum Gasteiger partial charge on any atom is -0.326 e. The van der Waals surface area contributed by atoms with E-state index in [9.17, 15) is 0 Å². The molecule has 0 amide bonds. The zero-order valence-electron chi connectivity index (χ0n) is 9.51. The molecule has 78 valence electrons. The normalized spacial score (nSPS) is 14.6. The summed E-state index contributed by atoms with van der Waals surface area (Å²) in [5.41, 5.74) is 6.20. The van der Waals surface area contributed by atoms with E-state index < -0.39 is 0 Å². The summed E-state index contributed by atoms with van der Waals surface area (Å²) >= 11 is 0. The van der Waals surface area contributed by atoms with E-state index in [-0.39, 0.29) is 11.6 Å². The molecule has 0 fully saturated rings. The number of likely N-dealkylation sites (N-methyl/N-ethyl adjacent to an activating group) is 1. The first kappa shape index (κ1) is 12.7. The monoisotopic (exact) mass is 184 g/mol. The van der Waals surface area contributed by atoms with Gasteiger partial charge in [-0.1, -0.05) is 6.08 Å². The Morgan fingerprint density at radius 2 is 2.00 bits per heavy atom. The summed E-state index contributed by atoms with van der Waals surface area (Å²) in [5, 5.41) is 0. The SMILES string of the molecule is C=CCCCC(N)C(C)(C)N(C)C. The summed E-state index contributed by atoms with van der Waals surface area (Å²) < 4.78 is 0. The second-order valence-electron chi connectivity index (χ2n) is 4.37. The lowest BCUT2D eigenvalue weighted by atomic mass is 9.90. The molecular formula is C11H24N2. The topological polar surface area (TPSA) is 29.3 Å². The van der Waals surface area contributed by atoms with E-state index in [1.54, 1.807) is 0 Å². The molecule has 0 aromatic carbocycles. The molecule has 2 heteroatoms. The quantitative estimate of drug-likeness (QED) is 0.505. The Balaban J connectivity index is 3.93. The van der Waals surface area contributed by atoms with Crippen LogP contribution in [-0.2, 0) is 0 Å². The first-order chi connectivity index (χ1) is 5.92. The Bertz CT molecular complexity index is 150. The third-order valence-electron chi connectivity index (χ3n) is 2.98. The number of nitrogens with two attached hydrogens (primary N) is 1. The average Bonchev–Trinajstić information content (AvgIpc) is 2.04. The van der Waals surface area contributed by atoms with Gasteiger partial charge in [0, 0.05) is 11.6 Å². The summed E-state index contributed by atoms with van der Waals surface area (Å²) in [6, 6.07) is 0.238. The van der Waals surface area contributed by atoms with Crippen LogP contribution in [0.15, 0.2) is 12.7 Å². The molecule has 0 aromatic rings. The van der Waals surface area contributed by atoms with E-state index in [1.165, 1.54) is 0 Å². The fourth-order valence-electron chi connectivity index (χ4n) is 1.17. The van der Waals surface area contributed by atoms with Crippen LogP contribution in [-0.4, -0.2) is 30.6 Å². The Hall–Kier alpha value is -0.340. The summed E-state index contributed by atoms with van der Waals surface area (Å²) in [4.78, 5) is 2.19. The molecule has 0 aromatic heterocycles. The second-order valence-corrected chi connectivity index (χ2v) is 4.37. The van der Waals surface area contributed by atoms with Crippen LogP contribution in [0.25, 0.3) is 0 Å². The summed E-state index contributed by atoms with van der Waals surface area (Å²) in [6.07, 6.45) is 5.23. The summed E-state index contributed by atoms with van der Waals surface area (Å²) in [6.45, 7) is 8.08. The van der Waals surface area contributed by atoms with E-state index in [4.69, 9.17) is 5.73 Å². The van der Waals surface area contributed by atoms with Crippen molar-refractivity contribution in [3.63, 3.8) is 0 Å². The van der Waals surface area contributed by atoms with Gasteiger partial charge in [-0.25, -0.2) is 0 Å². The predicted molar refractivity (Wildman–Crippen MR) is 59.8 cm³/mol. The number of rotatable bonds is 6. The van der Waals surface area contributed by atoms with Crippen molar-refractivity contribution < 1.29 is 0 Å². The van der Waals surface area contributed by atoms with Gasteiger partial charge in [0.15, 0.2) is 0 Å². The predicted octanol–water partition coefficient (Wildman–Crippen LogP) is 2.01. The molecule has 0 radical (unpaired) electrons. The van der Waals surface area contributed by atoms with Gasteiger partial charge in [0.2, 0.25) is 0 Å². The second kappa shape index (κ2) is 5.40. The lowest BCUT2D eigenvalue weighted by molar-refractivity contribution is 0.152. The van der Waals surface area contributed by atoms with Gasteiger partial charge in [-0.3, -0.25) is 0 Å². The van der Waals surface area contributed by atoms with Gasteiger partial charge in [0.25, 0.3) is 0 Å². The highest BCUT2D eigenvalue weighted by atomic mass is 15.2. The Labute approximate surface area is 82.8 Å². The van der Waals surface area contributed by atoms with Gasteiger partial charge in [-0.15, -0.1) is 6.58 Å². The number of allylic oxidation sites excluding steroid dienone is 1. The van der Waals surface area contributed by atoms with Crippen molar-refractivity contribution in [2.24, 2.45) is 5.73 Å². The van der Waals surface area contributed by atoms with Crippen LogP contribution in [0, 0.1) is 0 Å². The molecule has 2 nitrogen and oxygen atoms in total. The van der Waals surface area contributed by atoms with Crippen molar-refractivity contribution in [2.45, 2.75) is 44.7 Å². The molecule has 0 spiro atoms. The van der Waals surface area contributed by atoms with Gasteiger partial charge < -0.3 is 10.6 Å². The molecule has 13 heavy (non-hydrogen) atoms. The van der Waals surface area contributed by atoms with Gasteiger partial charge in [-0.2, -0.15) is 0 Å². The van der Waals surface area contributed by atoms with Crippen molar-refractivity contribution in [1.29, 1.82) is 0 Å². The van der Waals surface area contributed by atoms with Crippen LogP contribution in [0.1, 0.15) is 33.1 Å². The van der Waals surface area contributed by atoms with Crippen LogP contribution >= 0.6 is 0 Å². The molecule has 1 atom stereocenters. The highest BCUT2D eigenvalue weighted by Gasteiger charge is 2.27. The van der Waals surface area contributed by atoms with Crippen LogP contribution in [0.4, 0.5) is 0 Å². The average molecular weight is 184 g/mol. The van der Waals surface area contributed by atoms with Crippen LogP contribution in [0.3, 0.4) is 0 Å². The number of nitrogens with zero attached hydrogens (tertiary/aromatic N) is 1. The maximum Gasteiger partial charge on any atom is 0.0298 e. The Kier molecular flexibility index (Phi) is 5.26. The highest BCUT2D eigenvalue weighted by molar-refractivity contribution is 4.89. The number of unbranched alkanes of at least 4 members (excludes halogenated alkanes) is 1. The fourth-order valence-corrected chi connectivity index (χ4v) is 1.17. The fraction of sp³-hybridized carbons (Fsp3) is 0.818. The lowest BCUT2D eigenvalue weighted by Crippen LogP contribution is -2.52. The molecule has 1 unspecified atom stereocenters. The van der Waals surface area contributed by atoms with Crippen LogP contribution in [0.5, 0.6) is 0 Å². The molecular weight excluding hydrogens is 160 g/mol.